The van der Waals surface area contributed by atoms with Crippen LogP contribution in [0.25, 0.3) is 0 Å². The third kappa shape index (κ3) is 6.80. The van der Waals surface area contributed by atoms with Gasteiger partial charge in [0.25, 0.3) is 0 Å². The maximum absolute atomic E-state index is 11.5. The highest BCUT2D eigenvalue weighted by atomic mass is 16.6. The normalized spacial score (nSPS) is 14.5. The standard InChI is InChI=1S/C12H25NO3/c1-4-5-6-7-8-10(2)16-12(14)11(9-13)15-3/h10-11H,4-9,13H2,1-3H3. The quantitative estimate of drug-likeness (QED) is 0.486. The van der Waals surface area contributed by atoms with Crippen LogP contribution in [0, 0.1) is 0 Å². The first kappa shape index (κ1) is 15.4. The molecule has 4 heteroatoms. The molecule has 0 aliphatic rings. The van der Waals surface area contributed by atoms with Crippen molar-refractivity contribution in [2.45, 2.75) is 58.2 Å². The summed E-state index contributed by atoms with van der Waals surface area (Å²) in [7, 11) is 1.46. The van der Waals surface area contributed by atoms with Crippen LogP contribution in [-0.2, 0) is 14.3 Å². The van der Waals surface area contributed by atoms with E-state index in [4.69, 9.17) is 15.2 Å². The van der Waals surface area contributed by atoms with E-state index < -0.39 is 6.10 Å². The first-order chi connectivity index (χ1) is 7.65. The van der Waals surface area contributed by atoms with Gasteiger partial charge in [-0.3, -0.25) is 0 Å². The first-order valence-corrected chi connectivity index (χ1v) is 6.09. The minimum absolute atomic E-state index is 0.0476. The summed E-state index contributed by atoms with van der Waals surface area (Å²) in [6.07, 6.45) is 4.99. The second kappa shape index (κ2) is 9.60. The summed E-state index contributed by atoms with van der Waals surface area (Å²) in [4.78, 5) is 11.5. The molecule has 2 N–H and O–H groups in total. The number of nitrogens with two attached hydrogens (primary N) is 1. The van der Waals surface area contributed by atoms with Crippen molar-refractivity contribution in [1.82, 2.24) is 0 Å². The third-order valence-electron chi connectivity index (χ3n) is 2.54. The molecule has 0 spiro atoms. The highest BCUT2D eigenvalue weighted by Gasteiger charge is 2.19. The molecule has 0 aromatic rings. The molecule has 0 aliphatic heterocycles. The second-order valence-electron chi connectivity index (χ2n) is 4.06. The van der Waals surface area contributed by atoms with Crippen molar-refractivity contribution in [2.24, 2.45) is 5.73 Å². The van der Waals surface area contributed by atoms with E-state index in [1.165, 1.54) is 26.4 Å². The Morgan fingerprint density at radius 3 is 2.50 bits per heavy atom. The SMILES string of the molecule is CCCCCCC(C)OC(=O)C(CN)OC. The summed E-state index contributed by atoms with van der Waals surface area (Å²) in [5.41, 5.74) is 5.37. The van der Waals surface area contributed by atoms with E-state index in [9.17, 15) is 4.79 Å². The average Bonchev–Trinajstić information content (AvgIpc) is 2.26. The van der Waals surface area contributed by atoms with E-state index in [0.29, 0.717) is 0 Å². The van der Waals surface area contributed by atoms with Gasteiger partial charge < -0.3 is 15.2 Å². The molecule has 0 saturated carbocycles. The van der Waals surface area contributed by atoms with Gasteiger partial charge in [0.05, 0.1) is 6.10 Å². The minimum atomic E-state index is -0.627. The van der Waals surface area contributed by atoms with E-state index in [0.717, 1.165) is 12.8 Å². The molecule has 0 fully saturated rings. The Balaban J connectivity index is 3.68. The smallest absolute Gasteiger partial charge is 0.336 e. The zero-order chi connectivity index (χ0) is 12.4. The number of unbranched alkanes of at least 4 members (excludes halogenated alkanes) is 3. The average molecular weight is 231 g/mol. The molecule has 0 aliphatic carbocycles. The van der Waals surface area contributed by atoms with E-state index in [1.807, 2.05) is 6.92 Å². The van der Waals surface area contributed by atoms with Crippen LogP contribution >= 0.6 is 0 Å². The molecule has 2 unspecified atom stereocenters. The Morgan fingerprint density at radius 2 is 2.00 bits per heavy atom. The van der Waals surface area contributed by atoms with Gasteiger partial charge in [0.15, 0.2) is 6.10 Å². The van der Waals surface area contributed by atoms with Crippen LogP contribution < -0.4 is 5.73 Å². The third-order valence-corrected chi connectivity index (χ3v) is 2.54. The van der Waals surface area contributed by atoms with Gasteiger partial charge in [-0.2, -0.15) is 0 Å². The first-order valence-electron chi connectivity index (χ1n) is 6.09. The summed E-state index contributed by atoms with van der Waals surface area (Å²) < 4.78 is 10.1. The van der Waals surface area contributed by atoms with E-state index in [2.05, 4.69) is 6.92 Å². The molecule has 0 aromatic carbocycles. The number of rotatable bonds is 9. The summed E-state index contributed by atoms with van der Waals surface area (Å²) in [6, 6.07) is 0. The molecule has 0 heterocycles. The zero-order valence-corrected chi connectivity index (χ0v) is 10.7. The highest BCUT2D eigenvalue weighted by Crippen LogP contribution is 2.09. The number of methoxy groups -OCH3 is 1. The molecule has 0 aromatic heterocycles. The maximum atomic E-state index is 11.5. The molecule has 0 amide bonds. The number of hydrogen-bond donors (Lipinski definition) is 1. The van der Waals surface area contributed by atoms with Crippen LogP contribution in [0.4, 0.5) is 0 Å². The topological polar surface area (TPSA) is 61.5 Å². The number of carbonyl (C=O) groups excluding carboxylic acids is 1. The van der Waals surface area contributed by atoms with Gasteiger partial charge in [-0.15, -0.1) is 0 Å². The van der Waals surface area contributed by atoms with Crippen LogP contribution in [-0.4, -0.2) is 31.8 Å². The van der Waals surface area contributed by atoms with Crippen molar-refractivity contribution in [3.05, 3.63) is 0 Å². The largest absolute Gasteiger partial charge is 0.461 e. The van der Waals surface area contributed by atoms with Gasteiger partial charge in [-0.05, 0) is 19.8 Å². The van der Waals surface area contributed by atoms with E-state index in [1.54, 1.807) is 0 Å². The molecule has 96 valence electrons. The molecular weight excluding hydrogens is 206 g/mol. The number of carbonyl (C=O) groups is 1. The van der Waals surface area contributed by atoms with Gasteiger partial charge in [0.2, 0.25) is 0 Å². The van der Waals surface area contributed by atoms with Crippen molar-refractivity contribution in [3.8, 4) is 0 Å². The predicted molar refractivity (Wildman–Crippen MR) is 64.2 cm³/mol. The molecule has 16 heavy (non-hydrogen) atoms. The predicted octanol–water partition coefficient (Wildman–Crippen LogP) is 1.86. The van der Waals surface area contributed by atoms with Gasteiger partial charge in [0, 0.05) is 13.7 Å². The fraction of sp³-hybridized carbons (Fsp3) is 0.917. The lowest BCUT2D eigenvalue weighted by Gasteiger charge is -2.17. The van der Waals surface area contributed by atoms with Gasteiger partial charge in [0.1, 0.15) is 0 Å². The number of hydrogen-bond acceptors (Lipinski definition) is 4. The van der Waals surface area contributed by atoms with Gasteiger partial charge >= 0.3 is 5.97 Å². The fourth-order valence-electron chi connectivity index (χ4n) is 1.48. The molecular formula is C12H25NO3. The minimum Gasteiger partial charge on any atom is -0.461 e. The van der Waals surface area contributed by atoms with Crippen LogP contribution in [0.15, 0.2) is 0 Å². The summed E-state index contributed by atoms with van der Waals surface area (Å²) in [5.74, 6) is -0.354. The van der Waals surface area contributed by atoms with Crippen molar-refractivity contribution in [2.75, 3.05) is 13.7 Å². The summed E-state index contributed by atoms with van der Waals surface area (Å²) in [6.45, 7) is 4.25. The fourth-order valence-corrected chi connectivity index (χ4v) is 1.48. The maximum Gasteiger partial charge on any atom is 0.336 e. The van der Waals surface area contributed by atoms with E-state index >= 15 is 0 Å². The van der Waals surface area contributed by atoms with Crippen LogP contribution in [0.3, 0.4) is 0 Å². The number of ether oxygens (including phenoxy) is 2. The van der Waals surface area contributed by atoms with Crippen LogP contribution in [0.1, 0.15) is 46.0 Å². The molecule has 0 rings (SSSR count). The Labute approximate surface area is 98.5 Å². The molecule has 4 nitrogen and oxygen atoms in total. The Kier molecular flexibility index (Phi) is 9.24. The second-order valence-corrected chi connectivity index (χ2v) is 4.06. The zero-order valence-electron chi connectivity index (χ0n) is 10.7. The molecule has 0 saturated heterocycles. The Morgan fingerprint density at radius 1 is 1.31 bits per heavy atom. The van der Waals surface area contributed by atoms with Gasteiger partial charge in [-0.25, -0.2) is 4.79 Å². The summed E-state index contributed by atoms with van der Waals surface area (Å²) in [5, 5.41) is 0. The van der Waals surface area contributed by atoms with Crippen LogP contribution in [0.5, 0.6) is 0 Å². The van der Waals surface area contributed by atoms with Crippen molar-refractivity contribution in [1.29, 1.82) is 0 Å². The molecule has 0 bridgehead atoms. The molecule has 2 atom stereocenters. The van der Waals surface area contributed by atoms with Crippen molar-refractivity contribution in [3.63, 3.8) is 0 Å². The summed E-state index contributed by atoms with van der Waals surface area (Å²) >= 11 is 0. The Bertz CT molecular complexity index is 181. The molecule has 0 radical (unpaired) electrons. The number of esters is 1. The lowest BCUT2D eigenvalue weighted by molar-refractivity contribution is -0.159. The lowest BCUT2D eigenvalue weighted by Crippen LogP contribution is -2.34. The monoisotopic (exact) mass is 231 g/mol. The van der Waals surface area contributed by atoms with Crippen LogP contribution in [0.2, 0.25) is 0 Å². The lowest BCUT2D eigenvalue weighted by atomic mass is 10.1. The van der Waals surface area contributed by atoms with Gasteiger partial charge in [-0.1, -0.05) is 26.2 Å². The van der Waals surface area contributed by atoms with Crippen molar-refractivity contribution < 1.29 is 14.3 Å². The Hall–Kier alpha value is -0.610. The highest BCUT2D eigenvalue weighted by molar-refractivity contribution is 5.75. The van der Waals surface area contributed by atoms with E-state index in [-0.39, 0.29) is 18.6 Å². The van der Waals surface area contributed by atoms with Crippen molar-refractivity contribution >= 4 is 5.97 Å².